The number of methoxy groups -OCH3 is 2. The van der Waals surface area contributed by atoms with E-state index in [0.717, 1.165) is 24.2 Å². The van der Waals surface area contributed by atoms with Gasteiger partial charge in [-0.1, -0.05) is 54.2 Å². The predicted octanol–water partition coefficient (Wildman–Crippen LogP) is 3.58. The number of benzene rings is 2. The largest absolute Gasteiger partial charge is 0.497 e. The number of aromatic nitrogens is 5. The van der Waals surface area contributed by atoms with Gasteiger partial charge in [-0.15, -0.1) is 5.10 Å². The molecular weight excluding hydrogens is 568 g/mol. The van der Waals surface area contributed by atoms with Gasteiger partial charge in [0.2, 0.25) is 0 Å². The first-order chi connectivity index (χ1) is 21.0. The predicted molar refractivity (Wildman–Crippen MR) is 164 cm³/mol. The van der Waals surface area contributed by atoms with Crippen LogP contribution in [0, 0.1) is 5.92 Å². The van der Waals surface area contributed by atoms with Crippen molar-refractivity contribution >= 4 is 28.7 Å². The number of rotatable bonds is 12. The van der Waals surface area contributed by atoms with E-state index in [9.17, 15) is 15.3 Å². The van der Waals surface area contributed by atoms with Gasteiger partial charge in [0.25, 0.3) is 0 Å². The third-order valence-corrected chi connectivity index (χ3v) is 9.59. The highest BCUT2D eigenvalue weighted by atomic mass is 32.2. The van der Waals surface area contributed by atoms with Gasteiger partial charge in [0.05, 0.1) is 26.4 Å². The summed E-state index contributed by atoms with van der Waals surface area (Å²) < 4.78 is 12.8. The van der Waals surface area contributed by atoms with Crippen LogP contribution >= 0.6 is 11.8 Å². The van der Waals surface area contributed by atoms with Gasteiger partial charge in [-0.2, -0.15) is 0 Å². The van der Waals surface area contributed by atoms with Gasteiger partial charge in [0.15, 0.2) is 22.1 Å². The van der Waals surface area contributed by atoms with Crippen LogP contribution in [0.25, 0.3) is 11.2 Å². The van der Waals surface area contributed by atoms with Gasteiger partial charge in [-0.3, -0.25) is 0 Å². The maximum atomic E-state index is 10.9. The second-order valence-corrected chi connectivity index (χ2v) is 12.3. The van der Waals surface area contributed by atoms with E-state index in [0.29, 0.717) is 52.5 Å². The monoisotopic (exact) mass is 606 g/mol. The summed E-state index contributed by atoms with van der Waals surface area (Å²) in [4.78, 5) is 12.2. The fourth-order valence-corrected chi connectivity index (χ4v) is 6.79. The minimum Gasteiger partial charge on any atom is -0.497 e. The van der Waals surface area contributed by atoms with Crippen LogP contribution in [0.2, 0.25) is 0 Å². The van der Waals surface area contributed by atoms with Crippen LogP contribution in [0.5, 0.6) is 11.5 Å². The number of hydrogen-bond acceptors (Lipinski definition) is 11. The van der Waals surface area contributed by atoms with Crippen LogP contribution < -0.4 is 14.4 Å². The van der Waals surface area contributed by atoms with Crippen molar-refractivity contribution in [1.29, 1.82) is 0 Å². The molecular formula is C31H38N6O5S. The number of thioether (sulfide) groups is 1. The smallest absolute Gasteiger partial charge is 0.191 e. The molecule has 0 bridgehead atoms. The molecule has 6 atom stereocenters. The van der Waals surface area contributed by atoms with Gasteiger partial charge in [-0.05, 0) is 37.0 Å². The summed E-state index contributed by atoms with van der Waals surface area (Å²) in [6.07, 6.45) is 0.111. The first-order valence-corrected chi connectivity index (χ1v) is 15.7. The number of hydrogen-bond donors (Lipinski definition) is 3. The van der Waals surface area contributed by atoms with Crippen molar-refractivity contribution in [2.75, 3.05) is 31.5 Å². The molecule has 12 heteroatoms. The zero-order valence-electron chi connectivity index (χ0n) is 24.6. The Hall–Kier alpha value is -3.45. The fraction of sp³-hybridized carbons (Fsp3) is 0.484. The van der Waals surface area contributed by atoms with Crippen molar-refractivity contribution < 1.29 is 24.8 Å². The molecule has 6 rings (SSSR count). The van der Waals surface area contributed by atoms with Crippen LogP contribution in [0.4, 0.5) is 5.82 Å². The quantitative estimate of drug-likeness (QED) is 0.161. The number of aliphatic hydroxyl groups is 3. The van der Waals surface area contributed by atoms with Gasteiger partial charge >= 0.3 is 0 Å². The van der Waals surface area contributed by atoms with E-state index in [1.165, 1.54) is 5.56 Å². The highest BCUT2D eigenvalue weighted by Crippen LogP contribution is 2.48. The molecule has 0 saturated heterocycles. The average molecular weight is 607 g/mol. The van der Waals surface area contributed by atoms with Crippen molar-refractivity contribution in [1.82, 2.24) is 25.0 Å². The molecule has 2 aromatic carbocycles. The summed E-state index contributed by atoms with van der Waals surface area (Å²) in [6, 6.07) is 15.9. The van der Waals surface area contributed by atoms with Crippen LogP contribution in [0.1, 0.15) is 49.3 Å². The molecule has 2 aliphatic rings. The van der Waals surface area contributed by atoms with E-state index >= 15 is 0 Å². The number of aliphatic hydroxyl groups excluding tert-OH is 3. The Morgan fingerprint density at radius 2 is 1.84 bits per heavy atom. The molecule has 2 heterocycles. The molecule has 228 valence electrons. The van der Waals surface area contributed by atoms with Gasteiger partial charge < -0.3 is 29.7 Å². The number of anilines is 1. The second-order valence-electron chi connectivity index (χ2n) is 11.2. The molecule has 2 fully saturated rings. The zero-order valence-corrected chi connectivity index (χ0v) is 25.4. The normalized spacial score (nSPS) is 24.8. The second kappa shape index (κ2) is 12.7. The van der Waals surface area contributed by atoms with Crippen LogP contribution in [-0.4, -0.2) is 85.1 Å². The standard InChI is InChI=1S/C31H38N6O5S/c1-4-12-43-31-32-29(26-30(33-31)37(35-34-26)24-13-20(17-38)27(39)28(24)40)36(23-15-22(23)18-8-6-5-7-9-18)16-19-10-11-21(41-2)14-25(19)42-3/h5-11,14,20,22-24,27-28,38-40H,4,12-13,15-17H2,1-3H3. The van der Waals surface area contributed by atoms with Crippen molar-refractivity contribution in [3.63, 3.8) is 0 Å². The lowest BCUT2D eigenvalue weighted by Crippen LogP contribution is -2.31. The first-order valence-electron chi connectivity index (χ1n) is 14.7. The molecule has 43 heavy (non-hydrogen) atoms. The summed E-state index contributed by atoms with van der Waals surface area (Å²) in [5, 5.41) is 40.8. The van der Waals surface area contributed by atoms with E-state index < -0.39 is 24.2 Å². The van der Waals surface area contributed by atoms with Crippen molar-refractivity contribution in [2.45, 2.75) is 68.1 Å². The van der Waals surface area contributed by atoms with Gasteiger partial charge in [-0.25, -0.2) is 14.6 Å². The molecule has 3 N–H and O–H groups in total. The Labute approximate surface area is 254 Å². The Balaban J connectivity index is 1.46. The SMILES string of the molecule is CCCSc1nc(N(Cc2ccc(OC)cc2OC)C2CC2c2ccccc2)c2nnn(C3CC(CO)C(O)C3O)c2n1. The molecule has 4 aromatic rings. The van der Waals surface area contributed by atoms with E-state index in [-0.39, 0.29) is 12.6 Å². The summed E-state index contributed by atoms with van der Waals surface area (Å²) in [5.41, 5.74) is 3.28. The highest BCUT2D eigenvalue weighted by Gasteiger charge is 2.46. The van der Waals surface area contributed by atoms with Crippen molar-refractivity contribution in [2.24, 2.45) is 5.92 Å². The van der Waals surface area contributed by atoms with E-state index in [4.69, 9.17) is 19.4 Å². The molecule has 6 unspecified atom stereocenters. The number of ether oxygens (including phenoxy) is 2. The summed E-state index contributed by atoms with van der Waals surface area (Å²) in [6.45, 7) is 2.40. The molecule has 0 amide bonds. The van der Waals surface area contributed by atoms with E-state index in [1.807, 2.05) is 24.3 Å². The number of nitrogens with zero attached hydrogens (tertiary/aromatic N) is 6. The summed E-state index contributed by atoms with van der Waals surface area (Å²) in [5.74, 6) is 2.80. The lowest BCUT2D eigenvalue weighted by atomic mass is 10.1. The summed E-state index contributed by atoms with van der Waals surface area (Å²) >= 11 is 1.57. The zero-order chi connectivity index (χ0) is 30.1. The third-order valence-electron chi connectivity index (χ3n) is 8.53. The van der Waals surface area contributed by atoms with Crippen molar-refractivity contribution in [3.8, 4) is 11.5 Å². The lowest BCUT2D eigenvalue weighted by Gasteiger charge is -2.26. The van der Waals surface area contributed by atoms with E-state index in [2.05, 4.69) is 46.4 Å². The van der Waals surface area contributed by atoms with Crippen LogP contribution in [0.3, 0.4) is 0 Å². The molecule has 2 aromatic heterocycles. The average Bonchev–Trinajstić information content (AvgIpc) is 3.65. The molecule has 0 spiro atoms. The molecule has 0 aliphatic heterocycles. The summed E-state index contributed by atoms with van der Waals surface area (Å²) in [7, 11) is 3.29. The van der Waals surface area contributed by atoms with Crippen LogP contribution in [0.15, 0.2) is 53.7 Å². The molecule has 11 nitrogen and oxygen atoms in total. The molecule has 0 radical (unpaired) electrons. The Kier molecular flexibility index (Phi) is 8.71. The Bertz CT molecular complexity index is 1550. The minimum absolute atomic E-state index is 0.152. The maximum absolute atomic E-state index is 10.9. The Morgan fingerprint density at radius 1 is 1.02 bits per heavy atom. The van der Waals surface area contributed by atoms with Gasteiger partial charge in [0.1, 0.15) is 17.6 Å². The topological polar surface area (TPSA) is 139 Å². The first kappa shape index (κ1) is 29.6. The van der Waals surface area contributed by atoms with Gasteiger partial charge in [0, 0.05) is 48.4 Å². The van der Waals surface area contributed by atoms with Crippen molar-refractivity contribution in [3.05, 3.63) is 59.7 Å². The van der Waals surface area contributed by atoms with Crippen LogP contribution in [-0.2, 0) is 6.54 Å². The third kappa shape index (κ3) is 5.76. The number of fused-ring (bicyclic) bond motifs is 1. The lowest BCUT2D eigenvalue weighted by molar-refractivity contribution is -0.00512. The van der Waals surface area contributed by atoms with E-state index in [1.54, 1.807) is 30.7 Å². The molecule has 2 saturated carbocycles. The highest BCUT2D eigenvalue weighted by molar-refractivity contribution is 7.99. The Morgan fingerprint density at radius 3 is 2.53 bits per heavy atom. The molecule has 2 aliphatic carbocycles. The maximum Gasteiger partial charge on any atom is 0.191 e. The fourth-order valence-electron chi connectivity index (χ4n) is 6.10. The minimum atomic E-state index is -1.10.